The largest absolute Gasteiger partial charge is 0.351 e. The summed E-state index contributed by atoms with van der Waals surface area (Å²) < 4.78 is 0. The molecule has 1 atom stereocenters. The highest BCUT2D eigenvalue weighted by Crippen LogP contribution is 2.36. The van der Waals surface area contributed by atoms with Gasteiger partial charge in [-0.1, -0.05) is 56.3 Å². The summed E-state index contributed by atoms with van der Waals surface area (Å²) >= 11 is 0. The second-order valence-corrected chi connectivity index (χ2v) is 8.64. The van der Waals surface area contributed by atoms with Crippen LogP contribution in [-0.2, 0) is 26.3 Å². The van der Waals surface area contributed by atoms with Gasteiger partial charge in [-0.05, 0) is 42.5 Å². The number of hydrogen-bond donors (Lipinski definition) is 2. The Balaban J connectivity index is 1.72. The fourth-order valence-electron chi connectivity index (χ4n) is 4.17. The first kappa shape index (κ1) is 23.5. The highest BCUT2D eigenvalue weighted by Gasteiger charge is 2.43. The molecular weight excluding hydrogens is 402 g/mol. The zero-order chi connectivity index (χ0) is 23.1. The van der Waals surface area contributed by atoms with Crippen LogP contribution in [0, 0.1) is 5.92 Å². The molecule has 6 nitrogen and oxygen atoms in total. The lowest BCUT2D eigenvalue weighted by Crippen LogP contribution is -2.52. The van der Waals surface area contributed by atoms with Gasteiger partial charge in [-0.25, -0.2) is 0 Å². The highest BCUT2D eigenvalue weighted by atomic mass is 16.2. The Morgan fingerprint density at radius 3 is 2.34 bits per heavy atom. The van der Waals surface area contributed by atoms with Crippen LogP contribution in [-0.4, -0.2) is 35.7 Å². The molecule has 2 aromatic carbocycles. The van der Waals surface area contributed by atoms with Crippen LogP contribution < -0.4 is 10.6 Å². The van der Waals surface area contributed by atoms with Crippen molar-refractivity contribution in [2.45, 2.75) is 52.0 Å². The molecular formula is C26H33N3O3. The molecule has 2 aromatic rings. The number of rotatable bonds is 7. The number of hydrogen-bond acceptors (Lipinski definition) is 3. The first-order chi connectivity index (χ1) is 15.4. The normalized spacial score (nSPS) is 16.2. The number of nitrogens with one attached hydrogen (secondary N) is 2. The standard InChI is InChI=1S/C26H33N3O3/c1-4-19(2)24(31)28-23-12-8-9-21(17-23)18-27-25(32)26(22-10-6-5-7-11-22)13-15-29(16-14-26)20(3)30/h5-12,17,19H,4,13-16,18H2,1-3H3,(H,27,32)(H,28,31). The van der Waals surface area contributed by atoms with E-state index in [-0.39, 0.29) is 23.6 Å². The second kappa shape index (κ2) is 10.4. The first-order valence-corrected chi connectivity index (χ1v) is 11.3. The van der Waals surface area contributed by atoms with Crippen molar-refractivity contribution in [3.05, 3.63) is 65.7 Å². The number of carbonyl (C=O) groups is 3. The van der Waals surface area contributed by atoms with E-state index in [4.69, 9.17) is 0 Å². The van der Waals surface area contributed by atoms with Crippen molar-refractivity contribution >= 4 is 23.4 Å². The number of anilines is 1. The van der Waals surface area contributed by atoms with Gasteiger partial charge in [0.2, 0.25) is 17.7 Å². The van der Waals surface area contributed by atoms with E-state index < -0.39 is 5.41 Å². The third-order valence-corrected chi connectivity index (χ3v) is 6.53. The van der Waals surface area contributed by atoms with Gasteiger partial charge in [-0.3, -0.25) is 14.4 Å². The van der Waals surface area contributed by atoms with Gasteiger partial charge >= 0.3 is 0 Å². The van der Waals surface area contributed by atoms with E-state index in [0.717, 1.165) is 23.2 Å². The van der Waals surface area contributed by atoms with Gasteiger partial charge in [-0.2, -0.15) is 0 Å². The molecule has 0 radical (unpaired) electrons. The number of nitrogens with zero attached hydrogens (tertiary/aromatic N) is 1. The van der Waals surface area contributed by atoms with Crippen molar-refractivity contribution in [2.75, 3.05) is 18.4 Å². The molecule has 1 aliphatic rings. The molecule has 1 aliphatic heterocycles. The summed E-state index contributed by atoms with van der Waals surface area (Å²) in [4.78, 5) is 39.3. The summed E-state index contributed by atoms with van der Waals surface area (Å²) in [6.45, 7) is 6.96. The molecule has 1 saturated heterocycles. The molecule has 170 valence electrons. The van der Waals surface area contributed by atoms with E-state index >= 15 is 0 Å². The van der Waals surface area contributed by atoms with Crippen LogP contribution in [0.4, 0.5) is 5.69 Å². The van der Waals surface area contributed by atoms with E-state index in [1.807, 2.05) is 68.4 Å². The zero-order valence-corrected chi connectivity index (χ0v) is 19.2. The Bertz CT molecular complexity index is 950. The molecule has 0 aliphatic carbocycles. The van der Waals surface area contributed by atoms with Crippen LogP contribution in [0.25, 0.3) is 0 Å². The Hall–Kier alpha value is -3.15. The van der Waals surface area contributed by atoms with Crippen molar-refractivity contribution in [1.29, 1.82) is 0 Å². The summed E-state index contributed by atoms with van der Waals surface area (Å²) in [5.41, 5.74) is 1.98. The lowest BCUT2D eigenvalue weighted by Gasteiger charge is -2.40. The number of likely N-dealkylation sites (tertiary alicyclic amines) is 1. The molecule has 0 saturated carbocycles. The number of benzene rings is 2. The highest BCUT2D eigenvalue weighted by molar-refractivity contribution is 5.92. The van der Waals surface area contributed by atoms with Crippen molar-refractivity contribution < 1.29 is 14.4 Å². The van der Waals surface area contributed by atoms with Crippen molar-refractivity contribution in [2.24, 2.45) is 5.92 Å². The maximum Gasteiger partial charge on any atom is 0.231 e. The predicted molar refractivity (Wildman–Crippen MR) is 126 cm³/mol. The molecule has 3 amide bonds. The van der Waals surface area contributed by atoms with Gasteiger partial charge in [0.15, 0.2) is 0 Å². The van der Waals surface area contributed by atoms with Crippen molar-refractivity contribution in [3.63, 3.8) is 0 Å². The van der Waals surface area contributed by atoms with Crippen LogP contribution in [0.2, 0.25) is 0 Å². The number of carbonyl (C=O) groups excluding carboxylic acids is 3. The molecule has 1 unspecified atom stereocenters. The first-order valence-electron chi connectivity index (χ1n) is 11.3. The van der Waals surface area contributed by atoms with Crippen LogP contribution in [0.1, 0.15) is 51.2 Å². The van der Waals surface area contributed by atoms with Crippen LogP contribution in [0.15, 0.2) is 54.6 Å². The minimum atomic E-state index is -0.657. The predicted octanol–water partition coefficient (Wildman–Crippen LogP) is 3.87. The summed E-state index contributed by atoms with van der Waals surface area (Å²) in [6.07, 6.45) is 1.96. The minimum Gasteiger partial charge on any atom is -0.351 e. The molecule has 1 fully saturated rings. The van der Waals surface area contributed by atoms with Gasteiger partial charge < -0.3 is 15.5 Å². The van der Waals surface area contributed by atoms with Crippen LogP contribution in [0.3, 0.4) is 0 Å². The number of piperidine rings is 1. The molecule has 1 heterocycles. The molecule has 32 heavy (non-hydrogen) atoms. The van der Waals surface area contributed by atoms with Crippen molar-refractivity contribution in [3.8, 4) is 0 Å². The maximum absolute atomic E-state index is 13.5. The summed E-state index contributed by atoms with van der Waals surface area (Å²) in [5, 5.41) is 6.06. The lowest BCUT2D eigenvalue weighted by molar-refractivity contribution is -0.135. The van der Waals surface area contributed by atoms with Crippen LogP contribution in [0.5, 0.6) is 0 Å². The lowest BCUT2D eigenvalue weighted by atomic mass is 9.72. The van der Waals surface area contributed by atoms with E-state index in [1.165, 1.54) is 0 Å². The second-order valence-electron chi connectivity index (χ2n) is 8.64. The van der Waals surface area contributed by atoms with E-state index in [1.54, 1.807) is 11.8 Å². The summed E-state index contributed by atoms with van der Waals surface area (Å²) in [7, 11) is 0. The maximum atomic E-state index is 13.5. The van der Waals surface area contributed by atoms with Gasteiger partial charge in [0.25, 0.3) is 0 Å². The molecule has 2 N–H and O–H groups in total. The fraction of sp³-hybridized carbons (Fsp3) is 0.423. The molecule has 0 spiro atoms. The Labute approximate surface area is 190 Å². The van der Waals surface area contributed by atoms with Gasteiger partial charge in [0.05, 0.1) is 5.41 Å². The topological polar surface area (TPSA) is 78.5 Å². The van der Waals surface area contributed by atoms with E-state index in [2.05, 4.69) is 10.6 Å². The van der Waals surface area contributed by atoms with Gasteiger partial charge in [0.1, 0.15) is 0 Å². The molecule has 0 aromatic heterocycles. The van der Waals surface area contributed by atoms with E-state index in [0.29, 0.717) is 32.5 Å². The Morgan fingerprint density at radius 2 is 1.72 bits per heavy atom. The fourth-order valence-corrected chi connectivity index (χ4v) is 4.17. The molecule has 0 bridgehead atoms. The SMILES string of the molecule is CCC(C)C(=O)Nc1cccc(CNC(=O)C2(c3ccccc3)CCN(C(C)=O)CC2)c1. The minimum absolute atomic E-state index is 0.00560. The van der Waals surface area contributed by atoms with Crippen LogP contribution >= 0.6 is 0 Å². The zero-order valence-electron chi connectivity index (χ0n) is 19.2. The summed E-state index contributed by atoms with van der Waals surface area (Å²) in [6, 6.07) is 17.4. The van der Waals surface area contributed by atoms with E-state index in [9.17, 15) is 14.4 Å². The molecule has 6 heteroatoms. The van der Waals surface area contributed by atoms with Gasteiger partial charge in [-0.15, -0.1) is 0 Å². The Morgan fingerprint density at radius 1 is 1.03 bits per heavy atom. The average molecular weight is 436 g/mol. The number of amides is 3. The Kier molecular flexibility index (Phi) is 7.67. The quantitative estimate of drug-likeness (QED) is 0.693. The third kappa shape index (κ3) is 5.36. The van der Waals surface area contributed by atoms with Crippen molar-refractivity contribution in [1.82, 2.24) is 10.2 Å². The third-order valence-electron chi connectivity index (χ3n) is 6.53. The monoisotopic (exact) mass is 435 g/mol. The smallest absolute Gasteiger partial charge is 0.231 e. The summed E-state index contributed by atoms with van der Waals surface area (Å²) in [5.74, 6) is -0.0387. The van der Waals surface area contributed by atoms with Gasteiger partial charge in [0, 0.05) is 38.2 Å². The molecule has 3 rings (SSSR count). The average Bonchev–Trinajstić information content (AvgIpc) is 2.82.